The van der Waals surface area contributed by atoms with E-state index in [2.05, 4.69) is 5.32 Å². The molecule has 0 aliphatic carbocycles. The van der Waals surface area contributed by atoms with Gasteiger partial charge in [-0.15, -0.1) is 0 Å². The molecule has 0 saturated heterocycles. The van der Waals surface area contributed by atoms with Crippen LogP contribution in [0, 0.1) is 11.3 Å². The number of rotatable bonds is 5. The topological polar surface area (TPSA) is 122 Å². The molecule has 8 heteroatoms. The molecule has 1 atom stereocenters. The van der Waals surface area contributed by atoms with Crippen molar-refractivity contribution < 1.29 is 17.9 Å². The fourth-order valence-electron chi connectivity index (χ4n) is 1.88. The molecule has 0 aliphatic rings. The number of carbonyl (C=O) groups is 1. The zero-order valence-electron chi connectivity index (χ0n) is 12.8. The third-order valence-corrected chi connectivity index (χ3v) is 4.06. The molecule has 0 heterocycles. The molecule has 0 saturated carbocycles. The predicted molar refractivity (Wildman–Crippen MR) is 87.7 cm³/mol. The van der Waals surface area contributed by atoms with Crippen LogP contribution < -0.4 is 15.2 Å². The van der Waals surface area contributed by atoms with E-state index in [1.165, 1.54) is 24.3 Å². The standard InChI is InChI=1S/C16H15N3O4S/c1-11(23-15-5-3-2-4-12(15)10-17)16(20)19-13-6-8-14(9-7-13)24(18,21)22/h2-9,11H,1H3,(H,19,20)(H2,18,21,22)/t11-/m0/s1. The van der Waals surface area contributed by atoms with Crippen molar-refractivity contribution in [3.63, 3.8) is 0 Å². The molecule has 0 spiro atoms. The van der Waals surface area contributed by atoms with Crippen LogP contribution in [0.4, 0.5) is 5.69 Å². The Morgan fingerprint density at radius 3 is 2.42 bits per heavy atom. The molecule has 2 aromatic rings. The lowest BCUT2D eigenvalue weighted by atomic mass is 10.2. The second-order valence-electron chi connectivity index (χ2n) is 4.93. The summed E-state index contributed by atoms with van der Waals surface area (Å²) in [6.45, 7) is 1.54. The minimum atomic E-state index is -3.78. The third kappa shape index (κ3) is 4.32. The Labute approximate surface area is 139 Å². The molecule has 124 valence electrons. The largest absolute Gasteiger partial charge is 0.480 e. The Balaban J connectivity index is 2.05. The van der Waals surface area contributed by atoms with E-state index in [9.17, 15) is 13.2 Å². The highest BCUT2D eigenvalue weighted by atomic mass is 32.2. The molecule has 1 amide bonds. The van der Waals surface area contributed by atoms with Crippen molar-refractivity contribution in [3.05, 3.63) is 54.1 Å². The number of benzene rings is 2. The first-order valence-electron chi connectivity index (χ1n) is 6.91. The van der Waals surface area contributed by atoms with Crippen LogP contribution in [0.1, 0.15) is 12.5 Å². The molecular formula is C16H15N3O4S. The lowest BCUT2D eigenvalue weighted by molar-refractivity contribution is -0.122. The number of carbonyl (C=O) groups excluding carboxylic acids is 1. The van der Waals surface area contributed by atoms with Crippen molar-refractivity contribution in [1.82, 2.24) is 0 Å². The molecule has 0 radical (unpaired) electrons. The van der Waals surface area contributed by atoms with Gasteiger partial charge in [-0.2, -0.15) is 5.26 Å². The summed E-state index contributed by atoms with van der Waals surface area (Å²) in [7, 11) is -3.78. The molecule has 7 nitrogen and oxygen atoms in total. The quantitative estimate of drug-likeness (QED) is 0.852. The average molecular weight is 345 g/mol. The van der Waals surface area contributed by atoms with Gasteiger partial charge < -0.3 is 10.1 Å². The van der Waals surface area contributed by atoms with Gasteiger partial charge in [-0.1, -0.05) is 12.1 Å². The molecule has 24 heavy (non-hydrogen) atoms. The number of para-hydroxylation sites is 1. The summed E-state index contributed by atoms with van der Waals surface area (Å²) in [5.74, 6) is -0.127. The van der Waals surface area contributed by atoms with Crippen LogP contribution in [0.5, 0.6) is 5.75 Å². The maximum absolute atomic E-state index is 12.1. The number of hydrogen-bond acceptors (Lipinski definition) is 5. The van der Waals surface area contributed by atoms with E-state index in [0.717, 1.165) is 0 Å². The van der Waals surface area contributed by atoms with Crippen molar-refractivity contribution in [2.45, 2.75) is 17.9 Å². The summed E-state index contributed by atoms with van der Waals surface area (Å²) in [6.07, 6.45) is -0.850. The number of nitrogens with two attached hydrogens (primary N) is 1. The number of primary sulfonamides is 1. The summed E-state index contributed by atoms with van der Waals surface area (Å²) < 4.78 is 27.9. The van der Waals surface area contributed by atoms with Gasteiger partial charge in [0.1, 0.15) is 11.8 Å². The normalized spacial score (nSPS) is 12.0. The highest BCUT2D eigenvalue weighted by Crippen LogP contribution is 2.19. The lowest BCUT2D eigenvalue weighted by Crippen LogP contribution is -2.30. The number of sulfonamides is 1. The number of hydrogen-bond donors (Lipinski definition) is 2. The van der Waals surface area contributed by atoms with Gasteiger partial charge in [0.05, 0.1) is 10.5 Å². The minimum Gasteiger partial charge on any atom is -0.480 e. The van der Waals surface area contributed by atoms with Gasteiger partial charge in [-0.25, -0.2) is 13.6 Å². The molecule has 2 aromatic carbocycles. The van der Waals surface area contributed by atoms with Crippen molar-refractivity contribution in [2.75, 3.05) is 5.32 Å². The van der Waals surface area contributed by atoms with Crippen molar-refractivity contribution in [2.24, 2.45) is 5.14 Å². The van der Waals surface area contributed by atoms with E-state index in [-0.39, 0.29) is 4.90 Å². The van der Waals surface area contributed by atoms with Gasteiger partial charge in [0.15, 0.2) is 6.10 Å². The number of anilines is 1. The maximum Gasteiger partial charge on any atom is 0.265 e. The smallest absolute Gasteiger partial charge is 0.265 e. The fraction of sp³-hybridized carbons (Fsp3) is 0.125. The van der Waals surface area contributed by atoms with Gasteiger partial charge in [0.2, 0.25) is 10.0 Å². The molecule has 2 rings (SSSR count). The number of nitrogens with one attached hydrogen (secondary N) is 1. The summed E-state index contributed by atoms with van der Waals surface area (Å²) in [4.78, 5) is 12.1. The predicted octanol–water partition coefficient (Wildman–Crippen LogP) is 1.61. The van der Waals surface area contributed by atoms with E-state index in [1.54, 1.807) is 31.2 Å². The molecule has 0 unspecified atom stereocenters. The van der Waals surface area contributed by atoms with Crippen LogP contribution in [-0.2, 0) is 14.8 Å². The van der Waals surface area contributed by atoms with Crippen LogP contribution in [0.3, 0.4) is 0 Å². The molecule has 0 aromatic heterocycles. The Kier molecular flexibility index (Phi) is 5.18. The number of nitrogens with zero attached hydrogens (tertiary/aromatic N) is 1. The number of nitriles is 1. The highest BCUT2D eigenvalue weighted by molar-refractivity contribution is 7.89. The zero-order chi connectivity index (χ0) is 17.7. The Bertz CT molecular complexity index is 886. The third-order valence-electron chi connectivity index (χ3n) is 3.13. The first-order valence-corrected chi connectivity index (χ1v) is 8.45. The Morgan fingerprint density at radius 1 is 1.21 bits per heavy atom. The van der Waals surface area contributed by atoms with Crippen LogP contribution >= 0.6 is 0 Å². The first-order chi connectivity index (χ1) is 11.3. The average Bonchev–Trinajstić information content (AvgIpc) is 2.55. The van der Waals surface area contributed by atoms with Gasteiger partial charge in [-0.3, -0.25) is 4.79 Å². The van der Waals surface area contributed by atoms with Gasteiger partial charge in [-0.05, 0) is 43.3 Å². The summed E-state index contributed by atoms with van der Waals surface area (Å²) in [5, 5.41) is 16.6. The van der Waals surface area contributed by atoms with Crippen LogP contribution in [-0.4, -0.2) is 20.4 Å². The van der Waals surface area contributed by atoms with Gasteiger partial charge in [0, 0.05) is 5.69 Å². The Morgan fingerprint density at radius 2 is 1.83 bits per heavy atom. The first kappa shape index (κ1) is 17.5. The fourth-order valence-corrected chi connectivity index (χ4v) is 2.39. The SMILES string of the molecule is C[C@H](Oc1ccccc1C#N)C(=O)Nc1ccc(S(N)(=O)=O)cc1. The molecule has 3 N–H and O–H groups in total. The second kappa shape index (κ2) is 7.12. The van der Waals surface area contributed by atoms with E-state index < -0.39 is 22.0 Å². The van der Waals surface area contributed by atoms with E-state index in [4.69, 9.17) is 15.1 Å². The summed E-state index contributed by atoms with van der Waals surface area (Å²) in [5.41, 5.74) is 0.728. The Hall–Kier alpha value is -2.89. The number of ether oxygens (including phenoxy) is 1. The lowest BCUT2D eigenvalue weighted by Gasteiger charge is -2.15. The summed E-state index contributed by atoms with van der Waals surface area (Å²) in [6, 6.07) is 14.0. The molecule has 0 aliphatic heterocycles. The van der Waals surface area contributed by atoms with Crippen LogP contribution in [0.2, 0.25) is 0 Å². The molecular weight excluding hydrogens is 330 g/mol. The molecule has 0 fully saturated rings. The van der Waals surface area contributed by atoms with Crippen LogP contribution in [0.15, 0.2) is 53.4 Å². The summed E-state index contributed by atoms with van der Waals surface area (Å²) >= 11 is 0. The zero-order valence-corrected chi connectivity index (χ0v) is 13.6. The van der Waals surface area contributed by atoms with E-state index in [0.29, 0.717) is 17.0 Å². The second-order valence-corrected chi connectivity index (χ2v) is 6.49. The monoisotopic (exact) mass is 345 g/mol. The van der Waals surface area contributed by atoms with Crippen LogP contribution in [0.25, 0.3) is 0 Å². The van der Waals surface area contributed by atoms with Crippen molar-refractivity contribution in [3.8, 4) is 11.8 Å². The van der Waals surface area contributed by atoms with Crippen molar-refractivity contribution in [1.29, 1.82) is 5.26 Å². The minimum absolute atomic E-state index is 0.0484. The van der Waals surface area contributed by atoms with E-state index >= 15 is 0 Å². The molecule has 0 bridgehead atoms. The highest BCUT2D eigenvalue weighted by Gasteiger charge is 2.17. The van der Waals surface area contributed by atoms with Gasteiger partial charge in [0.25, 0.3) is 5.91 Å². The van der Waals surface area contributed by atoms with Crippen molar-refractivity contribution >= 4 is 21.6 Å². The van der Waals surface area contributed by atoms with E-state index in [1.807, 2.05) is 6.07 Å². The maximum atomic E-state index is 12.1. The number of amides is 1. The van der Waals surface area contributed by atoms with Gasteiger partial charge >= 0.3 is 0 Å².